The highest BCUT2D eigenvalue weighted by atomic mass is 79.9. The predicted octanol–water partition coefficient (Wildman–Crippen LogP) is 2.23. The molecule has 3 nitrogen and oxygen atoms in total. The van der Waals surface area contributed by atoms with E-state index in [9.17, 15) is 0 Å². The van der Waals surface area contributed by atoms with Crippen molar-refractivity contribution in [3.05, 3.63) is 28.6 Å². The van der Waals surface area contributed by atoms with Gasteiger partial charge in [-0.3, -0.25) is 0 Å². The van der Waals surface area contributed by atoms with E-state index in [1.165, 1.54) is 0 Å². The van der Waals surface area contributed by atoms with Gasteiger partial charge in [0.25, 0.3) is 0 Å². The van der Waals surface area contributed by atoms with Crippen LogP contribution in [0.15, 0.2) is 22.8 Å². The van der Waals surface area contributed by atoms with Gasteiger partial charge >= 0.3 is 0 Å². The first-order chi connectivity index (χ1) is 5.79. The summed E-state index contributed by atoms with van der Waals surface area (Å²) in [6.45, 7) is 0. The van der Waals surface area contributed by atoms with Crippen LogP contribution in [-0.4, -0.2) is 14.6 Å². The number of hydrogen-bond acceptors (Lipinski definition) is 2. The van der Waals surface area contributed by atoms with E-state index in [2.05, 4.69) is 26.0 Å². The maximum Gasteiger partial charge on any atom is 0.166 e. The molecule has 0 saturated heterocycles. The van der Waals surface area contributed by atoms with Crippen molar-refractivity contribution >= 4 is 33.2 Å². The van der Waals surface area contributed by atoms with Gasteiger partial charge in [0.1, 0.15) is 0 Å². The van der Waals surface area contributed by atoms with Crippen LogP contribution in [-0.2, 0) is 5.88 Å². The molecule has 2 aromatic rings. The minimum atomic E-state index is 0.347. The zero-order chi connectivity index (χ0) is 8.55. The molecule has 0 saturated carbocycles. The van der Waals surface area contributed by atoms with Gasteiger partial charge in [-0.25, -0.2) is 9.50 Å². The SMILES string of the molecule is ClCc1nc2ccc(Br)cn2n1. The molecule has 0 spiro atoms. The van der Waals surface area contributed by atoms with Crippen LogP contribution in [0.5, 0.6) is 0 Å². The predicted molar refractivity (Wildman–Crippen MR) is 50.2 cm³/mol. The molecule has 0 aliphatic heterocycles. The molecule has 2 rings (SSSR count). The molecule has 12 heavy (non-hydrogen) atoms. The summed E-state index contributed by atoms with van der Waals surface area (Å²) in [5.41, 5.74) is 0.814. The van der Waals surface area contributed by atoms with E-state index in [0.29, 0.717) is 11.7 Å². The van der Waals surface area contributed by atoms with Crippen molar-refractivity contribution in [2.75, 3.05) is 0 Å². The molecular formula is C7H5BrClN3. The first-order valence-electron chi connectivity index (χ1n) is 3.36. The molecular weight excluding hydrogens is 241 g/mol. The van der Waals surface area contributed by atoms with Crippen LogP contribution in [0.25, 0.3) is 5.65 Å². The highest BCUT2D eigenvalue weighted by molar-refractivity contribution is 9.10. The number of alkyl halides is 1. The molecule has 0 bridgehead atoms. The Bertz CT molecular complexity index is 412. The first-order valence-corrected chi connectivity index (χ1v) is 4.69. The fraction of sp³-hybridized carbons (Fsp3) is 0.143. The van der Waals surface area contributed by atoms with E-state index >= 15 is 0 Å². The van der Waals surface area contributed by atoms with Gasteiger partial charge in [0.2, 0.25) is 0 Å². The summed E-state index contributed by atoms with van der Waals surface area (Å²) >= 11 is 8.93. The molecule has 0 amide bonds. The van der Waals surface area contributed by atoms with Gasteiger partial charge in [0, 0.05) is 10.7 Å². The Labute approximate surface area is 82.5 Å². The van der Waals surface area contributed by atoms with Crippen LogP contribution in [0.4, 0.5) is 0 Å². The Morgan fingerprint density at radius 1 is 1.50 bits per heavy atom. The van der Waals surface area contributed by atoms with Crippen molar-refractivity contribution in [2.24, 2.45) is 0 Å². The summed E-state index contributed by atoms with van der Waals surface area (Å²) < 4.78 is 2.67. The topological polar surface area (TPSA) is 30.2 Å². The van der Waals surface area contributed by atoms with E-state index < -0.39 is 0 Å². The maximum absolute atomic E-state index is 5.59. The third-order valence-electron chi connectivity index (χ3n) is 1.46. The molecule has 62 valence electrons. The van der Waals surface area contributed by atoms with Crippen LogP contribution in [0.3, 0.4) is 0 Å². The molecule has 2 aromatic heterocycles. The van der Waals surface area contributed by atoms with E-state index in [1.807, 2.05) is 18.3 Å². The van der Waals surface area contributed by atoms with E-state index in [4.69, 9.17) is 11.6 Å². The minimum Gasteiger partial charge on any atom is -0.220 e. The third-order valence-corrected chi connectivity index (χ3v) is 2.17. The quantitative estimate of drug-likeness (QED) is 0.722. The molecule has 0 N–H and O–H groups in total. The van der Waals surface area contributed by atoms with Gasteiger partial charge in [-0.05, 0) is 28.1 Å². The monoisotopic (exact) mass is 245 g/mol. The third kappa shape index (κ3) is 1.32. The summed E-state index contributed by atoms with van der Waals surface area (Å²) in [6, 6.07) is 3.80. The maximum atomic E-state index is 5.59. The molecule has 0 unspecified atom stereocenters. The summed E-state index contributed by atoms with van der Waals surface area (Å²) in [6.07, 6.45) is 1.85. The Hall–Kier alpha value is -0.610. The number of nitrogens with zero attached hydrogens (tertiary/aromatic N) is 3. The molecule has 5 heteroatoms. The molecule has 0 aliphatic carbocycles. The van der Waals surface area contributed by atoms with Crippen molar-refractivity contribution in [1.29, 1.82) is 0 Å². The van der Waals surface area contributed by atoms with Crippen LogP contribution in [0, 0.1) is 0 Å². The lowest BCUT2D eigenvalue weighted by Gasteiger charge is -1.89. The lowest BCUT2D eigenvalue weighted by Crippen LogP contribution is -1.86. The van der Waals surface area contributed by atoms with Gasteiger partial charge in [-0.15, -0.1) is 16.7 Å². The molecule has 0 radical (unpaired) electrons. The lowest BCUT2D eigenvalue weighted by molar-refractivity contribution is 0.919. The van der Waals surface area contributed by atoms with Crippen molar-refractivity contribution in [1.82, 2.24) is 14.6 Å². The number of fused-ring (bicyclic) bond motifs is 1. The fourth-order valence-electron chi connectivity index (χ4n) is 0.961. The number of pyridine rings is 1. The van der Waals surface area contributed by atoms with Crippen molar-refractivity contribution in [3.8, 4) is 0 Å². The number of hydrogen-bond donors (Lipinski definition) is 0. The van der Waals surface area contributed by atoms with Crippen molar-refractivity contribution in [3.63, 3.8) is 0 Å². The summed E-state index contributed by atoms with van der Waals surface area (Å²) in [4.78, 5) is 4.17. The second-order valence-electron chi connectivity index (χ2n) is 2.31. The average molecular weight is 246 g/mol. The number of rotatable bonds is 1. The normalized spacial score (nSPS) is 10.8. The van der Waals surface area contributed by atoms with E-state index in [1.54, 1.807) is 4.52 Å². The molecule has 0 atom stereocenters. The standard InChI is InChI=1S/C7H5BrClN3/c8-5-1-2-7-10-6(3-9)11-12(7)4-5/h1-2,4H,3H2. The summed E-state index contributed by atoms with van der Waals surface area (Å²) in [5.74, 6) is 0.994. The van der Waals surface area contributed by atoms with Crippen molar-refractivity contribution in [2.45, 2.75) is 5.88 Å². The van der Waals surface area contributed by atoms with E-state index in [-0.39, 0.29) is 0 Å². The second-order valence-corrected chi connectivity index (χ2v) is 3.49. The van der Waals surface area contributed by atoms with Gasteiger partial charge < -0.3 is 0 Å². The molecule has 0 fully saturated rings. The smallest absolute Gasteiger partial charge is 0.166 e. The zero-order valence-corrected chi connectivity index (χ0v) is 8.38. The Kier molecular flexibility index (Phi) is 2.02. The fourth-order valence-corrected chi connectivity index (χ4v) is 1.40. The molecule has 0 aliphatic rings. The Morgan fingerprint density at radius 3 is 3.08 bits per heavy atom. The van der Waals surface area contributed by atoms with Crippen LogP contribution in [0.1, 0.15) is 5.82 Å². The zero-order valence-electron chi connectivity index (χ0n) is 6.04. The Morgan fingerprint density at radius 2 is 2.33 bits per heavy atom. The number of aromatic nitrogens is 3. The largest absolute Gasteiger partial charge is 0.220 e. The van der Waals surface area contributed by atoms with Crippen molar-refractivity contribution < 1.29 is 0 Å². The van der Waals surface area contributed by atoms with Crippen LogP contribution in [0.2, 0.25) is 0 Å². The van der Waals surface area contributed by atoms with E-state index in [0.717, 1.165) is 10.1 Å². The molecule has 0 aromatic carbocycles. The second kappa shape index (κ2) is 3.03. The summed E-state index contributed by atoms with van der Waals surface area (Å²) in [5, 5.41) is 4.14. The highest BCUT2D eigenvalue weighted by Crippen LogP contribution is 2.10. The van der Waals surface area contributed by atoms with Gasteiger partial charge in [0.15, 0.2) is 11.5 Å². The van der Waals surface area contributed by atoms with Crippen LogP contribution < -0.4 is 0 Å². The minimum absolute atomic E-state index is 0.347. The Balaban J connectivity index is 2.67. The lowest BCUT2D eigenvalue weighted by atomic mass is 10.5. The highest BCUT2D eigenvalue weighted by Gasteiger charge is 2.00. The van der Waals surface area contributed by atoms with Gasteiger partial charge in [-0.1, -0.05) is 0 Å². The molecule has 2 heterocycles. The average Bonchev–Trinajstić information content (AvgIpc) is 2.46. The van der Waals surface area contributed by atoms with Gasteiger partial charge in [0.05, 0.1) is 5.88 Å². The first kappa shape index (κ1) is 8.01. The number of halogens is 2. The van der Waals surface area contributed by atoms with Crippen LogP contribution >= 0.6 is 27.5 Å². The summed E-state index contributed by atoms with van der Waals surface area (Å²) in [7, 11) is 0. The van der Waals surface area contributed by atoms with Gasteiger partial charge in [-0.2, -0.15) is 0 Å².